The number of hydrogen-bond acceptors (Lipinski definition) is 8. The van der Waals surface area contributed by atoms with Crippen LogP contribution in [0.15, 0.2) is 46.4 Å². The Hall–Kier alpha value is -3.59. The second kappa shape index (κ2) is 17.0. The van der Waals surface area contributed by atoms with Crippen LogP contribution in [0, 0.1) is 0 Å². The van der Waals surface area contributed by atoms with E-state index in [2.05, 4.69) is 9.98 Å². The first-order valence-electron chi connectivity index (χ1n) is 10.1. The van der Waals surface area contributed by atoms with Crippen molar-refractivity contribution in [2.45, 2.75) is 32.6 Å². The van der Waals surface area contributed by atoms with E-state index in [9.17, 15) is 36.6 Å². The van der Waals surface area contributed by atoms with E-state index >= 15 is 0 Å². The molecule has 0 atom stereocenters. The molecule has 2 aromatic carbocycles. The van der Waals surface area contributed by atoms with E-state index in [1.165, 1.54) is 0 Å². The van der Waals surface area contributed by atoms with Crippen molar-refractivity contribution in [3.8, 4) is 11.5 Å². The molecule has 0 aliphatic carbocycles. The van der Waals surface area contributed by atoms with Crippen LogP contribution in [0.5, 0.6) is 11.5 Å². The van der Waals surface area contributed by atoms with Gasteiger partial charge in [0.1, 0.15) is 11.5 Å². The van der Waals surface area contributed by atoms with Gasteiger partial charge < -0.3 is 30.0 Å². The van der Waals surface area contributed by atoms with Gasteiger partial charge >= 0.3 is 29.1 Å². The number of halogens is 6. The third kappa shape index (κ3) is 16.2. The van der Waals surface area contributed by atoms with Crippen molar-refractivity contribution in [3.63, 3.8) is 0 Å². The van der Waals surface area contributed by atoms with E-state index in [1.807, 2.05) is 0 Å². The van der Waals surface area contributed by atoms with Gasteiger partial charge in [-0.3, -0.25) is 9.98 Å². The van der Waals surface area contributed by atoms with E-state index < -0.39 is 35.4 Å². The smallest absolute Gasteiger partial charge is 0.550 e. The number of aliphatic imine (C=N–C) groups is 2. The molecule has 0 saturated heterocycles. The molecule has 0 spiro atoms. The zero-order chi connectivity index (χ0) is 28.8. The molecule has 0 bridgehead atoms. The second-order valence-electron chi connectivity index (χ2n) is 6.95. The number of benzene rings is 2. The topological polar surface area (TPSA) is 145 Å². The number of rotatable bonds is 6. The van der Waals surface area contributed by atoms with Crippen LogP contribution in [0.2, 0.25) is 0 Å². The van der Waals surface area contributed by atoms with Gasteiger partial charge in [-0.1, -0.05) is 0 Å². The molecule has 0 unspecified atom stereocenters. The quantitative estimate of drug-likeness (QED) is 0.299. The van der Waals surface area contributed by atoms with Crippen LogP contribution in [-0.4, -0.2) is 47.7 Å². The number of phenolic OH excluding ortho intramolecular Hbond substituents is 2. The molecule has 0 aliphatic heterocycles. The summed E-state index contributed by atoms with van der Waals surface area (Å²) in [5, 5.41) is 37.0. The van der Waals surface area contributed by atoms with E-state index in [1.54, 1.807) is 0 Å². The van der Waals surface area contributed by atoms with Gasteiger partial charge in [-0.2, -0.15) is 26.3 Å². The zero-order valence-corrected chi connectivity index (χ0v) is 20.8. The van der Waals surface area contributed by atoms with Crippen LogP contribution >= 0.6 is 0 Å². The summed E-state index contributed by atoms with van der Waals surface area (Å²) in [6.45, 7) is 2.28. The van der Waals surface area contributed by atoms with Gasteiger partial charge in [0.05, 0.1) is 11.1 Å². The Balaban J connectivity index is 0. The van der Waals surface area contributed by atoms with Crippen LogP contribution in [0.1, 0.15) is 42.5 Å². The summed E-state index contributed by atoms with van der Waals surface area (Å²) in [6, 6.07) is 4.90. The van der Waals surface area contributed by atoms with E-state index in [-0.39, 0.29) is 52.5 Å². The van der Waals surface area contributed by atoms with Gasteiger partial charge in [0.25, 0.3) is 0 Å². The molecule has 2 N–H and O–H groups in total. The first-order valence-corrected chi connectivity index (χ1v) is 10.1. The number of carbonyl (C=O) groups excluding carboxylic acids is 2. The molecule has 2 rings (SSSR count). The van der Waals surface area contributed by atoms with E-state index in [0.717, 1.165) is 62.7 Å². The molecule has 2 aromatic rings. The van der Waals surface area contributed by atoms with Crippen molar-refractivity contribution in [1.82, 2.24) is 0 Å². The first-order chi connectivity index (χ1) is 16.9. The van der Waals surface area contributed by atoms with Crippen molar-refractivity contribution in [3.05, 3.63) is 58.7 Å². The molecule has 1 radical (unpaired) electrons. The van der Waals surface area contributed by atoms with Crippen molar-refractivity contribution in [2.24, 2.45) is 9.98 Å². The summed E-state index contributed by atoms with van der Waals surface area (Å²) in [6.07, 6.45) is -6.52. The maximum absolute atomic E-state index is 12.7. The summed E-state index contributed by atoms with van der Waals surface area (Å²) >= 11 is 0. The molecule has 0 heterocycles. The molecule has 0 amide bonds. The number of phenols is 2. The van der Waals surface area contributed by atoms with Gasteiger partial charge in [0.15, 0.2) is 0 Å². The summed E-state index contributed by atoms with van der Waals surface area (Å²) in [7, 11) is 0. The molecule has 0 saturated carbocycles. The zero-order valence-electron chi connectivity index (χ0n) is 19.8. The standard InChI is InChI=1S/C19H16F6N2O2.2C2H4O2.Co/c20-18(21,22)14-2-4-16(28)12(8-14)10-26-6-1-7-27-11-13-9-15(19(23,24)25)3-5-17(13)29;2*1-2(3)4;/h2-5,8-11,28-29H,1,6-7H2;2*1H3,(H,3,4);/q;;;+2/p-2. The number of carboxylic acid groups (broad SMARTS) is 2. The van der Waals surface area contributed by atoms with Gasteiger partial charge in [0.2, 0.25) is 0 Å². The fraction of sp³-hybridized carbons (Fsp3) is 0.304. The second-order valence-corrected chi connectivity index (χ2v) is 6.95. The van der Waals surface area contributed by atoms with Crippen LogP contribution in [0.3, 0.4) is 0 Å². The average molecular weight is 595 g/mol. The summed E-state index contributed by atoms with van der Waals surface area (Å²) in [4.78, 5) is 25.6. The number of hydrogen-bond donors (Lipinski definition) is 2. The number of carboxylic acids is 2. The molecule has 0 aliphatic rings. The molecular formula is C23H22CoF6N2O6. The van der Waals surface area contributed by atoms with Crippen molar-refractivity contribution in [2.75, 3.05) is 13.1 Å². The minimum Gasteiger partial charge on any atom is -0.550 e. The number of aliphatic carboxylic acids is 2. The van der Waals surface area contributed by atoms with Gasteiger partial charge in [-0.25, -0.2) is 0 Å². The van der Waals surface area contributed by atoms with Gasteiger partial charge in [-0.05, 0) is 56.7 Å². The van der Waals surface area contributed by atoms with Crippen LogP contribution in [0.4, 0.5) is 26.3 Å². The Bertz CT molecular complexity index is 1010. The third-order valence-electron chi connectivity index (χ3n) is 3.74. The number of alkyl halides is 6. The minimum absolute atomic E-state index is 0. The van der Waals surface area contributed by atoms with Crippen molar-refractivity contribution >= 4 is 24.4 Å². The van der Waals surface area contributed by atoms with Crippen LogP contribution < -0.4 is 10.2 Å². The third-order valence-corrected chi connectivity index (χ3v) is 3.74. The minimum atomic E-state index is -4.54. The fourth-order valence-corrected chi connectivity index (χ4v) is 2.25. The Labute approximate surface area is 223 Å². The first kappa shape index (κ1) is 36.6. The van der Waals surface area contributed by atoms with Crippen LogP contribution in [-0.2, 0) is 38.7 Å². The summed E-state index contributed by atoms with van der Waals surface area (Å²) < 4.78 is 76.0. The fourth-order valence-electron chi connectivity index (χ4n) is 2.25. The monoisotopic (exact) mass is 595 g/mol. The summed E-state index contributed by atoms with van der Waals surface area (Å²) in [5.41, 5.74) is -2.00. The molecule has 15 heteroatoms. The molecule has 8 nitrogen and oxygen atoms in total. The Morgan fingerprint density at radius 1 is 0.763 bits per heavy atom. The number of carbonyl (C=O) groups is 2. The normalized spacial score (nSPS) is 11.2. The number of nitrogens with zero attached hydrogens (tertiary/aromatic N) is 2. The average Bonchev–Trinajstić information content (AvgIpc) is 2.73. The maximum atomic E-state index is 12.7. The van der Waals surface area contributed by atoms with E-state index in [0.29, 0.717) is 6.42 Å². The van der Waals surface area contributed by atoms with Gasteiger partial charge in [0, 0.05) is 48.6 Å². The largest absolute Gasteiger partial charge is 2.00 e. The molecule has 211 valence electrons. The predicted molar refractivity (Wildman–Crippen MR) is 117 cm³/mol. The van der Waals surface area contributed by atoms with Crippen molar-refractivity contribution in [1.29, 1.82) is 0 Å². The molecular weight excluding hydrogens is 573 g/mol. The molecule has 38 heavy (non-hydrogen) atoms. The predicted octanol–water partition coefficient (Wildman–Crippen LogP) is 2.57. The Morgan fingerprint density at radius 3 is 1.32 bits per heavy atom. The maximum Gasteiger partial charge on any atom is 2.00 e. The molecule has 0 fully saturated rings. The van der Waals surface area contributed by atoms with E-state index in [4.69, 9.17) is 19.8 Å². The molecule has 0 aromatic heterocycles. The Morgan fingerprint density at radius 2 is 1.05 bits per heavy atom. The SMILES string of the molecule is CC(=O)[O-].CC(=O)[O-].Oc1ccc(C(F)(F)F)cc1C=NCCCN=Cc1cc(C(F)(F)F)ccc1O.[Co+2]. The van der Waals surface area contributed by atoms with Crippen LogP contribution in [0.25, 0.3) is 0 Å². The number of aromatic hydroxyl groups is 2. The van der Waals surface area contributed by atoms with Crippen molar-refractivity contribution < 1.29 is 73.1 Å². The van der Waals surface area contributed by atoms with Gasteiger partial charge in [-0.15, -0.1) is 0 Å². The Kier molecular flexibility index (Phi) is 16.4. The summed E-state index contributed by atoms with van der Waals surface area (Å²) in [5.74, 6) is -2.86.